The third-order valence-corrected chi connectivity index (χ3v) is 3.25. The van der Waals surface area contributed by atoms with Gasteiger partial charge >= 0.3 is 0 Å². The van der Waals surface area contributed by atoms with E-state index < -0.39 is 10.8 Å². The number of nitro groups is 1. The normalized spacial score (nSPS) is 10.2. The van der Waals surface area contributed by atoms with Crippen molar-refractivity contribution in [1.29, 1.82) is 0 Å². The molecule has 0 aliphatic rings. The molecule has 1 aromatic heterocycles. The lowest BCUT2D eigenvalue weighted by Gasteiger charge is -2.09. The third kappa shape index (κ3) is 5.13. The molecule has 1 amide bonds. The number of anilines is 2. The minimum atomic E-state index is -0.573. The first-order valence-electron chi connectivity index (χ1n) is 7.86. The highest BCUT2D eigenvalue weighted by Gasteiger charge is 2.18. The summed E-state index contributed by atoms with van der Waals surface area (Å²) in [6, 6.07) is 7.67. The number of hydrogen-bond donors (Lipinski definition) is 3. The SMILES string of the molecule is CCNc1cc(C)nc(NCCNC(=O)c2ccccc2[N+](=O)[O-])n1. The molecule has 0 unspecified atom stereocenters. The topological polar surface area (TPSA) is 122 Å². The van der Waals surface area contributed by atoms with E-state index in [1.165, 1.54) is 18.2 Å². The average Bonchev–Trinajstić information content (AvgIpc) is 2.58. The van der Waals surface area contributed by atoms with Crippen molar-refractivity contribution in [2.45, 2.75) is 13.8 Å². The van der Waals surface area contributed by atoms with Crippen molar-refractivity contribution in [3.05, 3.63) is 51.7 Å². The molecule has 9 nitrogen and oxygen atoms in total. The highest BCUT2D eigenvalue weighted by molar-refractivity contribution is 5.98. The Hall–Kier alpha value is -3.23. The zero-order valence-electron chi connectivity index (χ0n) is 14.1. The second kappa shape index (κ2) is 8.57. The van der Waals surface area contributed by atoms with Crippen LogP contribution < -0.4 is 16.0 Å². The molecule has 0 aliphatic carbocycles. The van der Waals surface area contributed by atoms with Crippen LogP contribution in [0.15, 0.2) is 30.3 Å². The van der Waals surface area contributed by atoms with Crippen LogP contribution in [0.3, 0.4) is 0 Å². The molecule has 2 rings (SSSR count). The molecule has 0 radical (unpaired) electrons. The Kier molecular flexibility index (Phi) is 6.21. The summed E-state index contributed by atoms with van der Waals surface area (Å²) in [6.07, 6.45) is 0. The van der Waals surface area contributed by atoms with Crippen molar-refractivity contribution in [2.24, 2.45) is 0 Å². The maximum Gasteiger partial charge on any atom is 0.282 e. The number of nitrogens with one attached hydrogen (secondary N) is 3. The highest BCUT2D eigenvalue weighted by atomic mass is 16.6. The Labute approximate surface area is 145 Å². The molecule has 0 aliphatic heterocycles. The minimum absolute atomic E-state index is 0.0359. The lowest BCUT2D eigenvalue weighted by Crippen LogP contribution is -2.29. The Morgan fingerprint density at radius 3 is 2.68 bits per heavy atom. The van der Waals surface area contributed by atoms with Crippen molar-refractivity contribution >= 4 is 23.4 Å². The van der Waals surface area contributed by atoms with E-state index in [4.69, 9.17) is 0 Å². The standard InChI is InChI=1S/C16H20N6O3/c1-3-17-14-10-11(2)20-16(21-14)19-9-8-18-15(23)12-6-4-5-7-13(12)22(24)25/h4-7,10H,3,8-9H2,1-2H3,(H,18,23)(H2,17,19,20,21). The molecule has 1 heterocycles. The third-order valence-electron chi connectivity index (χ3n) is 3.25. The minimum Gasteiger partial charge on any atom is -0.370 e. The van der Waals surface area contributed by atoms with Gasteiger partial charge in [0, 0.05) is 37.5 Å². The molecule has 9 heteroatoms. The summed E-state index contributed by atoms with van der Waals surface area (Å²) in [7, 11) is 0. The molecule has 2 aromatic rings. The number of nitrogens with zero attached hydrogens (tertiary/aromatic N) is 3. The summed E-state index contributed by atoms with van der Waals surface area (Å²) in [6.45, 7) is 5.26. The number of nitro benzene ring substituents is 1. The second-order valence-corrected chi connectivity index (χ2v) is 5.21. The molecule has 0 saturated heterocycles. The van der Waals surface area contributed by atoms with Gasteiger partial charge < -0.3 is 16.0 Å². The van der Waals surface area contributed by atoms with E-state index in [0.717, 1.165) is 18.1 Å². The molecule has 0 fully saturated rings. The molecule has 0 atom stereocenters. The number of benzene rings is 1. The molecule has 1 aromatic carbocycles. The summed E-state index contributed by atoms with van der Waals surface area (Å²) in [5.41, 5.74) is 0.636. The smallest absolute Gasteiger partial charge is 0.282 e. The first-order chi connectivity index (χ1) is 12.0. The van der Waals surface area contributed by atoms with Crippen molar-refractivity contribution in [2.75, 3.05) is 30.3 Å². The van der Waals surface area contributed by atoms with Gasteiger partial charge in [0.2, 0.25) is 5.95 Å². The molecule has 0 saturated carbocycles. The zero-order chi connectivity index (χ0) is 18.2. The summed E-state index contributed by atoms with van der Waals surface area (Å²) in [5, 5.41) is 19.7. The van der Waals surface area contributed by atoms with Crippen LogP contribution in [0.4, 0.5) is 17.5 Å². The average molecular weight is 344 g/mol. The molecule has 3 N–H and O–H groups in total. The van der Waals surface area contributed by atoms with Gasteiger partial charge in [-0.1, -0.05) is 12.1 Å². The van der Waals surface area contributed by atoms with E-state index in [9.17, 15) is 14.9 Å². The van der Waals surface area contributed by atoms with Gasteiger partial charge in [0.15, 0.2) is 0 Å². The number of aryl methyl sites for hydroxylation is 1. The van der Waals surface area contributed by atoms with Crippen molar-refractivity contribution in [3.8, 4) is 0 Å². The quantitative estimate of drug-likeness (QED) is 0.380. The van der Waals surface area contributed by atoms with Gasteiger partial charge in [0.05, 0.1) is 4.92 Å². The summed E-state index contributed by atoms with van der Waals surface area (Å²) >= 11 is 0. The van der Waals surface area contributed by atoms with Crippen LogP contribution in [-0.2, 0) is 0 Å². The van der Waals surface area contributed by atoms with E-state index in [1.807, 2.05) is 19.9 Å². The zero-order valence-corrected chi connectivity index (χ0v) is 14.1. The van der Waals surface area contributed by atoms with E-state index in [1.54, 1.807) is 6.07 Å². The van der Waals surface area contributed by atoms with E-state index in [2.05, 4.69) is 25.9 Å². The number of carbonyl (C=O) groups excluding carboxylic acids is 1. The second-order valence-electron chi connectivity index (χ2n) is 5.21. The van der Waals surface area contributed by atoms with Gasteiger partial charge in [-0.25, -0.2) is 4.98 Å². The number of para-hydroxylation sites is 1. The van der Waals surface area contributed by atoms with Gasteiger partial charge in [0.25, 0.3) is 11.6 Å². The van der Waals surface area contributed by atoms with Crippen LogP contribution in [0.25, 0.3) is 0 Å². The number of rotatable bonds is 8. The number of aromatic nitrogens is 2. The predicted octanol–water partition coefficient (Wildman–Crippen LogP) is 1.97. The van der Waals surface area contributed by atoms with Crippen molar-refractivity contribution in [3.63, 3.8) is 0 Å². The Morgan fingerprint density at radius 2 is 1.96 bits per heavy atom. The predicted molar refractivity (Wildman–Crippen MR) is 94.9 cm³/mol. The molecular formula is C16H20N6O3. The van der Waals surface area contributed by atoms with E-state index >= 15 is 0 Å². The first kappa shape index (κ1) is 18.1. The molecule has 132 valence electrons. The lowest BCUT2D eigenvalue weighted by atomic mass is 10.1. The van der Waals surface area contributed by atoms with Gasteiger partial charge in [0.1, 0.15) is 11.4 Å². The number of hydrogen-bond acceptors (Lipinski definition) is 7. The van der Waals surface area contributed by atoms with Gasteiger partial charge in [-0.05, 0) is 19.9 Å². The van der Waals surface area contributed by atoms with Crippen LogP contribution in [0.5, 0.6) is 0 Å². The summed E-state index contributed by atoms with van der Waals surface area (Å²) < 4.78 is 0. The fourth-order valence-electron chi connectivity index (χ4n) is 2.19. The monoisotopic (exact) mass is 344 g/mol. The van der Waals surface area contributed by atoms with Crippen LogP contribution >= 0.6 is 0 Å². The van der Waals surface area contributed by atoms with Crippen molar-refractivity contribution in [1.82, 2.24) is 15.3 Å². The van der Waals surface area contributed by atoms with Crippen LogP contribution in [0.1, 0.15) is 23.0 Å². The Morgan fingerprint density at radius 1 is 1.20 bits per heavy atom. The van der Waals surface area contributed by atoms with Crippen LogP contribution in [0, 0.1) is 17.0 Å². The van der Waals surface area contributed by atoms with Crippen LogP contribution in [0.2, 0.25) is 0 Å². The maximum absolute atomic E-state index is 12.1. The molecule has 0 spiro atoms. The summed E-state index contributed by atoms with van der Waals surface area (Å²) in [4.78, 5) is 31.0. The van der Waals surface area contributed by atoms with Crippen LogP contribution in [-0.4, -0.2) is 40.4 Å². The van der Waals surface area contributed by atoms with E-state index in [0.29, 0.717) is 12.5 Å². The Balaban J connectivity index is 1.89. The lowest BCUT2D eigenvalue weighted by molar-refractivity contribution is -0.385. The van der Waals surface area contributed by atoms with Gasteiger partial charge in [-0.3, -0.25) is 14.9 Å². The molecule has 0 bridgehead atoms. The number of amides is 1. The largest absolute Gasteiger partial charge is 0.370 e. The fraction of sp³-hybridized carbons (Fsp3) is 0.312. The number of carbonyl (C=O) groups is 1. The maximum atomic E-state index is 12.1. The fourth-order valence-corrected chi connectivity index (χ4v) is 2.19. The molecular weight excluding hydrogens is 324 g/mol. The van der Waals surface area contributed by atoms with E-state index in [-0.39, 0.29) is 17.8 Å². The highest BCUT2D eigenvalue weighted by Crippen LogP contribution is 2.17. The first-order valence-corrected chi connectivity index (χ1v) is 7.86. The summed E-state index contributed by atoms with van der Waals surface area (Å²) in [5.74, 6) is 0.685. The van der Waals surface area contributed by atoms with Gasteiger partial charge in [-0.15, -0.1) is 0 Å². The van der Waals surface area contributed by atoms with Gasteiger partial charge in [-0.2, -0.15) is 4.98 Å². The Bertz CT molecular complexity index is 765. The molecule has 25 heavy (non-hydrogen) atoms. The van der Waals surface area contributed by atoms with Crippen molar-refractivity contribution < 1.29 is 9.72 Å².